The Bertz CT molecular complexity index is 332. The highest BCUT2D eigenvalue weighted by Gasteiger charge is 2.35. The van der Waals surface area contributed by atoms with Crippen molar-refractivity contribution in [3.8, 4) is 0 Å². The Hall–Kier alpha value is -0.170. The van der Waals surface area contributed by atoms with Crippen LogP contribution in [0.4, 0.5) is 0 Å². The van der Waals surface area contributed by atoms with E-state index in [2.05, 4.69) is 0 Å². The van der Waals surface area contributed by atoms with Gasteiger partial charge in [0.25, 0.3) is 10.2 Å². The smallest absolute Gasteiger partial charge is 0.281 e. The molecule has 1 aliphatic heterocycles. The highest BCUT2D eigenvalue weighted by Crippen LogP contribution is 2.25. The minimum atomic E-state index is -3.36. The lowest BCUT2D eigenvalue weighted by atomic mass is 9.96. The second kappa shape index (κ2) is 6.13. The molecule has 2 unspecified atom stereocenters. The molecule has 2 atom stereocenters. The average Bonchev–Trinajstić information content (AvgIpc) is 2.29. The van der Waals surface area contributed by atoms with Gasteiger partial charge in [-0.2, -0.15) is 17.0 Å². The summed E-state index contributed by atoms with van der Waals surface area (Å²) in [6.45, 7) is 4.94. The summed E-state index contributed by atoms with van der Waals surface area (Å²) in [6, 6.07) is 0.0297. The van der Waals surface area contributed by atoms with E-state index in [4.69, 9.17) is 5.11 Å². The predicted molar refractivity (Wildman–Crippen MR) is 67.8 cm³/mol. The fourth-order valence-corrected chi connectivity index (χ4v) is 3.96. The van der Waals surface area contributed by atoms with E-state index in [1.807, 2.05) is 13.8 Å². The first-order valence-corrected chi connectivity index (χ1v) is 7.67. The molecule has 0 spiro atoms. The predicted octanol–water partition coefficient (Wildman–Crippen LogP) is 0.666. The third-order valence-electron chi connectivity index (χ3n) is 3.41. The highest BCUT2D eigenvalue weighted by molar-refractivity contribution is 7.86. The van der Waals surface area contributed by atoms with Crippen LogP contribution in [-0.4, -0.2) is 54.9 Å². The van der Waals surface area contributed by atoms with Crippen molar-refractivity contribution in [2.24, 2.45) is 5.92 Å². The lowest BCUT2D eigenvalue weighted by molar-refractivity contribution is 0.134. The molecule has 0 bridgehead atoms. The van der Waals surface area contributed by atoms with E-state index >= 15 is 0 Å². The zero-order valence-corrected chi connectivity index (χ0v) is 11.8. The highest BCUT2D eigenvalue weighted by atomic mass is 32.2. The normalized spacial score (nSPS) is 27.6. The first-order valence-electron chi connectivity index (χ1n) is 6.27. The summed E-state index contributed by atoms with van der Waals surface area (Å²) >= 11 is 0. The van der Waals surface area contributed by atoms with E-state index in [1.54, 1.807) is 7.05 Å². The summed E-state index contributed by atoms with van der Waals surface area (Å²) in [5.74, 6) is 0.0796. The summed E-state index contributed by atoms with van der Waals surface area (Å²) in [6.07, 6.45) is 2.53. The van der Waals surface area contributed by atoms with Gasteiger partial charge >= 0.3 is 0 Å². The van der Waals surface area contributed by atoms with Crippen molar-refractivity contribution in [2.45, 2.75) is 39.2 Å². The van der Waals surface area contributed by atoms with E-state index in [-0.39, 0.29) is 18.6 Å². The summed E-state index contributed by atoms with van der Waals surface area (Å²) in [4.78, 5) is 0. The minimum absolute atomic E-state index is 0.0297. The van der Waals surface area contributed by atoms with Crippen LogP contribution in [0, 0.1) is 5.92 Å². The molecule has 1 saturated heterocycles. The van der Waals surface area contributed by atoms with E-state index in [9.17, 15) is 8.42 Å². The Labute approximate surface area is 105 Å². The van der Waals surface area contributed by atoms with Gasteiger partial charge in [-0.15, -0.1) is 0 Å². The van der Waals surface area contributed by atoms with Crippen molar-refractivity contribution in [1.82, 2.24) is 8.61 Å². The molecular formula is C11H24N2O3S. The zero-order chi connectivity index (χ0) is 13.1. The molecule has 0 aromatic heterocycles. The molecule has 0 aliphatic carbocycles. The van der Waals surface area contributed by atoms with Crippen molar-refractivity contribution in [3.05, 3.63) is 0 Å². The maximum absolute atomic E-state index is 12.3. The average molecular weight is 264 g/mol. The number of piperidine rings is 1. The Morgan fingerprint density at radius 2 is 2.06 bits per heavy atom. The maximum atomic E-state index is 12.3. The van der Waals surface area contributed by atoms with Crippen LogP contribution in [0.1, 0.15) is 33.1 Å². The molecule has 1 heterocycles. The van der Waals surface area contributed by atoms with Crippen molar-refractivity contribution in [2.75, 3.05) is 26.7 Å². The molecule has 6 heteroatoms. The lowest BCUT2D eigenvalue weighted by Gasteiger charge is -2.38. The number of hydrogen-bond acceptors (Lipinski definition) is 3. The monoisotopic (exact) mass is 264 g/mol. The van der Waals surface area contributed by atoms with Crippen LogP contribution in [0.2, 0.25) is 0 Å². The van der Waals surface area contributed by atoms with E-state index < -0.39 is 10.2 Å². The van der Waals surface area contributed by atoms with Crippen molar-refractivity contribution in [1.29, 1.82) is 0 Å². The molecule has 0 radical (unpaired) electrons. The van der Waals surface area contributed by atoms with Gasteiger partial charge in [-0.25, -0.2) is 0 Å². The van der Waals surface area contributed by atoms with Crippen LogP contribution < -0.4 is 0 Å². The van der Waals surface area contributed by atoms with Crippen LogP contribution in [0.3, 0.4) is 0 Å². The standard InChI is InChI=1S/C11H24N2O3S/c1-4-7-12(3)17(15,16)13-8-11(9-14)6-5-10(13)2/h10-11,14H,4-9H2,1-3H3. The molecule has 5 nitrogen and oxygen atoms in total. The van der Waals surface area contributed by atoms with Crippen LogP contribution in [-0.2, 0) is 10.2 Å². The van der Waals surface area contributed by atoms with Gasteiger partial charge in [-0.1, -0.05) is 6.92 Å². The maximum Gasteiger partial charge on any atom is 0.281 e. The topological polar surface area (TPSA) is 60.9 Å². The van der Waals surface area contributed by atoms with E-state index in [0.717, 1.165) is 19.3 Å². The van der Waals surface area contributed by atoms with Gasteiger partial charge in [0.15, 0.2) is 0 Å². The van der Waals surface area contributed by atoms with Gasteiger partial charge in [0.2, 0.25) is 0 Å². The quantitative estimate of drug-likeness (QED) is 0.794. The molecule has 1 rings (SSSR count). The number of aliphatic hydroxyl groups excluding tert-OH is 1. The first kappa shape index (κ1) is 14.9. The Morgan fingerprint density at radius 3 is 2.59 bits per heavy atom. The third kappa shape index (κ3) is 3.40. The molecule has 102 valence electrons. The summed E-state index contributed by atoms with van der Waals surface area (Å²) < 4.78 is 27.6. The number of hydrogen-bond donors (Lipinski definition) is 1. The van der Waals surface area contributed by atoms with Crippen LogP contribution >= 0.6 is 0 Å². The molecule has 0 saturated carbocycles. The van der Waals surface area contributed by atoms with Gasteiger partial charge in [0.1, 0.15) is 0 Å². The fourth-order valence-electron chi connectivity index (χ4n) is 2.23. The van der Waals surface area contributed by atoms with Gasteiger partial charge < -0.3 is 5.11 Å². The SMILES string of the molecule is CCCN(C)S(=O)(=O)N1CC(CO)CCC1C. The molecule has 0 aromatic rings. The molecule has 1 aliphatic rings. The molecule has 1 fully saturated rings. The summed E-state index contributed by atoms with van der Waals surface area (Å²) in [5, 5.41) is 9.17. The molecular weight excluding hydrogens is 240 g/mol. The fraction of sp³-hybridized carbons (Fsp3) is 1.00. The molecule has 0 aromatic carbocycles. The third-order valence-corrected chi connectivity index (χ3v) is 5.48. The zero-order valence-electron chi connectivity index (χ0n) is 11.0. The van der Waals surface area contributed by atoms with E-state index in [1.165, 1.54) is 8.61 Å². The van der Waals surface area contributed by atoms with Crippen molar-refractivity contribution >= 4 is 10.2 Å². The Kier molecular flexibility index (Phi) is 5.37. The largest absolute Gasteiger partial charge is 0.396 e. The first-order chi connectivity index (χ1) is 7.93. The molecule has 0 amide bonds. The number of aliphatic hydroxyl groups is 1. The van der Waals surface area contributed by atoms with Crippen LogP contribution in [0.5, 0.6) is 0 Å². The van der Waals surface area contributed by atoms with Gasteiger partial charge in [-0.05, 0) is 32.1 Å². The number of rotatable bonds is 5. The van der Waals surface area contributed by atoms with Crippen molar-refractivity contribution < 1.29 is 13.5 Å². The van der Waals surface area contributed by atoms with Crippen molar-refractivity contribution in [3.63, 3.8) is 0 Å². The second-order valence-electron chi connectivity index (χ2n) is 4.87. The lowest BCUT2D eigenvalue weighted by Crippen LogP contribution is -2.51. The summed E-state index contributed by atoms with van der Waals surface area (Å²) in [5.41, 5.74) is 0. The Morgan fingerprint density at radius 1 is 1.41 bits per heavy atom. The van der Waals surface area contributed by atoms with Gasteiger partial charge in [0.05, 0.1) is 0 Å². The van der Waals surface area contributed by atoms with Crippen LogP contribution in [0.15, 0.2) is 0 Å². The van der Waals surface area contributed by atoms with Gasteiger partial charge in [0, 0.05) is 32.8 Å². The Balaban J connectivity index is 2.81. The number of nitrogens with zero attached hydrogens (tertiary/aromatic N) is 2. The van der Waals surface area contributed by atoms with E-state index in [0.29, 0.717) is 13.1 Å². The van der Waals surface area contributed by atoms with Crippen LogP contribution in [0.25, 0.3) is 0 Å². The molecule has 17 heavy (non-hydrogen) atoms. The van der Waals surface area contributed by atoms with Gasteiger partial charge in [-0.3, -0.25) is 0 Å². The molecule has 1 N–H and O–H groups in total. The second-order valence-corrected chi connectivity index (χ2v) is 6.86. The summed E-state index contributed by atoms with van der Waals surface area (Å²) in [7, 11) is -1.74. The minimum Gasteiger partial charge on any atom is -0.396 e.